The van der Waals surface area contributed by atoms with E-state index in [4.69, 9.17) is 0 Å². The number of hydrogen-bond donors (Lipinski definition) is 1. The van der Waals surface area contributed by atoms with Crippen molar-refractivity contribution in [2.75, 3.05) is 18.4 Å². The van der Waals surface area contributed by atoms with Crippen LogP contribution in [-0.4, -0.2) is 31.9 Å². The van der Waals surface area contributed by atoms with Gasteiger partial charge in [0.15, 0.2) is 0 Å². The fourth-order valence-corrected chi connectivity index (χ4v) is 4.98. The molecule has 1 N–H and O–H groups in total. The van der Waals surface area contributed by atoms with E-state index in [0.29, 0.717) is 11.4 Å². The van der Waals surface area contributed by atoms with E-state index in [1.807, 2.05) is 33.8 Å². The first kappa shape index (κ1) is 16.3. The maximum atomic E-state index is 13.0. The van der Waals surface area contributed by atoms with Gasteiger partial charge in [-0.15, -0.1) is 0 Å². The molecule has 1 aromatic rings. The Morgan fingerprint density at radius 1 is 1.33 bits per heavy atom. The molecule has 5 heteroatoms. The molecular formula is C16H26N2O2S. The Labute approximate surface area is 128 Å². The second-order valence-electron chi connectivity index (χ2n) is 5.73. The number of aryl methyl sites for hydroxylation is 1. The van der Waals surface area contributed by atoms with Gasteiger partial charge in [0.2, 0.25) is 10.0 Å². The molecule has 1 aromatic carbocycles. The molecule has 0 fully saturated rings. The smallest absolute Gasteiger partial charge is 0.243 e. The molecule has 0 aromatic heterocycles. The third kappa shape index (κ3) is 2.94. The molecule has 0 radical (unpaired) electrons. The highest BCUT2D eigenvalue weighted by molar-refractivity contribution is 7.89. The highest BCUT2D eigenvalue weighted by atomic mass is 32.2. The van der Waals surface area contributed by atoms with Crippen molar-refractivity contribution >= 4 is 15.7 Å². The number of rotatable bonds is 5. The molecule has 21 heavy (non-hydrogen) atoms. The molecule has 1 heterocycles. The van der Waals surface area contributed by atoms with Crippen molar-refractivity contribution in [3.63, 3.8) is 0 Å². The highest BCUT2D eigenvalue weighted by Gasteiger charge is 2.30. The van der Waals surface area contributed by atoms with Crippen LogP contribution in [0.2, 0.25) is 0 Å². The first-order valence-corrected chi connectivity index (χ1v) is 9.25. The molecule has 0 amide bonds. The largest absolute Gasteiger partial charge is 0.385 e. The average Bonchev–Trinajstić information content (AvgIpc) is 2.47. The fourth-order valence-electron chi connectivity index (χ4n) is 3.01. The molecule has 1 atom stereocenters. The van der Waals surface area contributed by atoms with Crippen LogP contribution in [-0.2, 0) is 16.4 Å². The minimum absolute atomic E-state index is 0.0218. The lowest BCUT2D eigenvalue weighted by Crippen LogP contribution is -2.38. The predicted molar refractivity (Wildman–Crippen MR) is 87.3 cm³/mol. The molecule has 118 valence electrons. The minimum atomic E-state index is -3.43. The molecule has 4 nitrogen and oxygen atoms in total. The third-order valence-corrected chi connectivity index (χ3v) is 6.54. The molecule has 1 aliphatic heterocycles. The predicted octanol–water partition coefficient (Wildman–Crippen LogP) is 3.16. The molecule has 1 unspecified atom stereocenters. The van der Waals surface area contributed by atoms with Gasteiger partial charge in [-0.3, -0.25) is 0 Å². The van der Waals surface area contributed by atoms with Gasteiger partial charge in [-0.25, -0.2) is 8.42 Å². The molecule has 0 aliphatic carbocycles. The molecule has 0 saturated heterocycles. The van der Waals surface area contributed by atoms with Crippen LogP contribution in [0, 0.1) is 6.92 Å². The van der Waals surface area contributed by atoms with Gasteiger partial charge in [0.1, 0.15) is 0 Å². The van der Waals surface area contributed by atoms with Gasteiger partial charge in [-0.1, -0.05) is 19.9 Å². The van der Waals surface area contributed by atoms with Crippen LogP contribution in [0.5, 0.6) is 0 Å². The minimum Gasteiger partial charge on any atom is -0.385 e. The van der Waals surface area contributed by atoms with E-state index in [-0.39, 0.29) is 6.04 Å². The fraction of sp³-hybridized carbons (Fsp3) is 0.625. The van der Waals surface area contributed by atoms with Crippen LogP contribution in [0.25, 0.3) is 0 Å². The lowest BCUT2D eigenvalue weighted by atomic mass is 10.00. The number of anilines is 1. The van der Waals surface area contributed by atoms with E-state index in [2.05, 4.69) is 5.32 Å². The van der Waals surface area contributed by atoms with E-state index in [1.54, 1.807) is 10.4 Å². The quantitative estimate of drug-likeness (QED) is 0.909. The topological polar surface area (TPSA) is 49.4 Å². The standard InChI is InChI=1S/C16H26N2O2S/c1-5-13(4)18(6-2)21(19,20)15-10-9-12(3)16-14(15)8-7-11-17-16/h9-10,13,17H,5-8,11H2,1-4H3. The molecular weight excluding hydrogens is 284 g/mol. The summed E-state index contributed by atoms with van der Waals surface area (Å²) >= 11 is 0. The van der Waals surface area contributed by atoms with E-state index in [1.165, 1.54) is 0 Å². The van der Waals surface area contributed by atoms with E-state index < -0.39 is 10.0 Å². The summed E-state index contributed by atoms with van der Waals surface area (Å²) in [7, 11) is -3.43. The van der Waals surface area contributed by atoms with Crippen molar-refractivity contribution in [2.24, 2.45) is 0 Å². The van der Waals surface area contributed by atoms with Crippen molar-refractivity contribution in [3.05, 3.63) is 23.3 Å². The highest BCUT2D eigenvalue weighted by Crippen LogP contribution is 2.33. The van der Waals surface area contributed by atoms with Crippen molar-refractivity contribution in [1.29, 1.82) is 0 Å². The van der Waals surface area contributed by atoms with E-state index in [9.17, 15) is 8.42 Å². The second kappa shape index (κ2) is 6.36. The van der Waals surface area contributed by atoms with Gasteiger partial charge in [0.05, 0.1) is 4.90 Å². The Morgan fingerprint density at radius 2 is 2.05 bits per heavy atom. The van der Waals surface area contributed by atoms with E-state index in [0.717, 1.165) is 42.6 Å². The van der Waals surface area contributed by atoms with Gasteiger partial charge < -0.3 is 5.32 Å². The molecule has 0 saturated carbocycles. The van der Waals surface area contributed by atoms with Crippen LogP contribution in [0.1, 0.15) is 44.7 Å². The van der Waals surface area contributed by atoms with E-state index >= 15 is 0 Å². The van der Waals surface area contributed by atoms with Crippen molar-refractivity contribution < 1.29 is 8.42 Å². The third-order valence-electron chi connectivity index (χ3n) is 4.36. The van der Waals surface area contributed by atoms with Gasteiger partial charge in [-0.05, 0) is 50.3 Å². The maximum Gasteiger partial charge on any atom is 0.243 e. The first-order valence-electron chi connectivity index (χ1n) is 7.81. The number of sulfonamides is 1. The summed E-state index contributed by atoms with van der Waals surface area (Å²) in [5, 5.41) is 3.36. The van der Waals surface area contributed by atoms with Crippen LogP contribution in [0.4, 0.5) is 5.69 Å². The van der Waals surface area contributed by atoms with Crippen molar-refractivity contribution in [1.82, 2.24) is 4.31 Å². The zero-order chi connectivity index (χ0) is 15.6. The lowest BCUT2D eigenvalue weighted by Gasteiger charge is -2.29. The Morgan fingerprint density at radius 3 is 2.67 bits per heavy atom. The Kier molecular flexibility index (Phi) is 4.94. The van der Waals surface area contributed by atoms with Crippen LogP contribution >= 0.6 is 0 Å². The normalized spacial score (nSPS) is 16.4. The maximum absolute atomic E-state index is 13.0. The Balaban J connectivity index is 2.55. The summed E-state index contributed by atoms with van der Waals surface area (Å²) in [5.41, 5.74) is 3.10. The lowest BCUT2D eigenvalue weighted by molar-refractivity contribution is 0.342. The van der Waals surface area contributed by atoms with Crippen molar-refractivity contribution in [3.8, 4) is 0 Å². The second-order valence-corrected chi connectivity index (χ2v) is 7.59. The number of nitrogens with one attached hydrogen (secondary N) is 1. The molecule has 2 rings (SSSR count). The summed E-state index contributed by atoms with van der Waals surface area (Å²) in [6, 6.07) is 3.71. The van der Waals surface area contributed by atoms with Gasteiger partial charge >= 0.3 is 0 Å². The Hall–Kier alpha value is -1.07. The van der Waals surface area contributed by atoms with Crippen molar-refractivity contribution in [2.45, 2.75) is 57.9 Å². The zero-order valence-corrected chi connectivity index (χ0v) is 14.3. The monoisotopic (exact) mass is 310 g/mol. The van der Waals surface area contributed by atoms with Gasteiger partial charge in [0, 0.05) is 24.8 Å². The first-order chi connectivity index (χ1) is 9.93. The summed E-state index contributed by atoms with van der Waals surface area (Å²) in [6.45, 7) is 9.35. The molecule has 1 aliphatic rings. The summed E-state index contributed by atoms with van der Waals surface area (Å²) in [6.07, 6.45) is 2.63. The summed E-state index contributed by atoms with van der Waals surface area (Å²) in [5.74, 6) is 0. The van der Waals surface area contributed by atoms with Crippen LogP contribution in [0.15, 0.2) is 17.0 Å². The SMILES string of the molecule is CCC(C)N(CC)S(=O)(=O)c1ccc(C)c2c1CCCN2. The van der Waals surface area contributed by atoms with Gasteiger partial charge in [-0.2, -0.15) is 4.31 Å². The average molecular weight is 310 g/mol. The molecule has 0 bridgehead atoms. The Bertz CT molecular complexity index is 611. The summed E-state index contributed by atoms with van der Waals surface area (Å²) < 4.78 is 27.7. The van der Waals surface area contributed by atoms with Crippen LogP contribution < -0.4 is 5.32 Å². The summed E-state index contributed by atoms with van der Waals surface area (Å²) in [4.78, 5) is 0.484. The number of fused-ring (bicyclic) bond motifs is 1. The van der Waals surface area contributed by atoms with Crippen LogP contribution in [0.3, 0.4) is 0 Å². The van der Waals surface area contributed by atoms with Gasteiger partial charge in [0.25, 0.3) is 0 Å². The number of benzene rings is 1. The zero-order valence-electron chi connectivity index (χ0n) is 13.4. The number of hydrogen-bond acceptors (Lipinski definition) is 3. The number of nitrogens with zero attached hydrogens (tertiary/aromatic N) is 1. The molecule has 0 spiro atoms.